The van der Waals surface area contributed by atoms with E-state index >= 15 is 0 Å². The second-order valence-electron chi connectivity index (χ2n) is 7.62. The SMILES string of the molecule is N=NC(=Nc1ccccc1)N(c1ccccc1)c1ccccc1.N=NC(N)=Nc1ccccc1.N=NCC(=N)N. The topological polar surface area (TPSA) is 212 Å². The molecule has 0 amide bonds. The minimum absolute atomic E-state index is 0.0278. The molecule has 0 aliphatic rings. The molecule has 0 atom stereocenters. The van der Waals surface area contributed by atoms with Gasteiger partial charge in [-0.2, -0.15) is 5.11 Å². The van der Waals surface area contributed by atoms with Gasteiger partial charge in [0, 0.05) is 11.4 Å². The van der Waals surface area contributed by atoms with E-state index in [4.69, 9.17) is 33.5 Å². The molecule has 0 fully saturated rings. The molecule has 8 N–H and O–H groups in total. The highest BCUT2D eigenvalue weighted by Crippen LogP contribution is 2.27. The molecule has 12 heteroatoms. The first kappa shape index (κ1) is 30.3. The van der Waals surface area contributed by atoms with Crippen LogP contribution in [0.15, 0.2) is 147 Å². The Kier molecular flexibility index (Phi) is 13.3. The average Bonchev–Trinajstić information content (AvgIpc) is 2.99. The summed E-state index contributed by atoms with van der Waals surface area (Å²) in [6.07, 6.45) is 0. The molecule has 0 saturated heterocycles. The van der Waals surface area contributed by atoms with Gasteiger partial charge in [-0.25, -0.2) is 26.6 Å². The maximum absolute atomic E-state index is 7.59. The van der Waals surface area contributed by atoms with Crippen molar-refractivity contribution in [3.8, 4) is 0 Å². The number of nitrogens with two attached hydrogens (primary N) is 2. The predicted octanol–water partition coefficient (Wildman–Crippen LogP) is 7.16. The summed E-state index contributed by atoms with van der Waals surface area (Å²) in [6.45, 7) is 0.0278. The number of rotatable bonds is 6. The lowest BCUT2D eigenvalue weighted by atomic mass is 10.2. The second kappa shape index (κ2) is 17.5. The lowest BCUT2D eigenvalue weighted by Crippen LogP contribution is -2.23. The third-order valence-electron chi connectivity index (χ3n) is 4.68. The molecule has 202 valence electrons. The lowest BCUT2D eigenvalue weighted by Gasteiger charge is -2.23. The predicted molar refractivity (Wildman–Crippen MR) is 159 cm³/mol. The van der Waals surface area contributed by atoms with Crippen LogP contribution in [0.25, 0.3) is 0 Å². The first-order chi connectivity index (χ1) is 19.5. The van der Waals surface area contributed by atoms with Gasteiger partial charge in [-0.1, -0.05) is 72.8 Å². The highest BCUT2D eigenvalue weighted by atomic mass is 15.3. The van der Waals surface area contributed by atoms with Crippen LogP contribution in [0.2, 0.25) is 0 Å². The van der Waals surface area contributed by atoms with E-state index in [2.05, 4.69) is 25.3 Å². The van der Waals surface area contributed by atoms with Crippen LogP contribution in [0.4, 0.5) is 22.7 Å². The molecule has 4 rings (SSSR count). The standard InChI is InChI=1S/C19H16N4.C7H8N4.C2H6N4/c20-22-19(21-16-10-4-1-5-11-16)23(17-12-6-2-7-13-17)18-14-8-3-9-15-18;8-7(11-9)10-6-4-2-1-3-5-6;3-2(4)1-6-5/h1-15,20H;1-5,9H,(H2,8,10);5H,1H2,(H3,3,4). The summed E-state index contributed by atoms with van der Waals surface area (Å²) in [5.41, 5.74) is 33.5. The number of hydrogen-bond acceptors (Lipinski definition) is 7. The van der Waals surface area contributed by atoms with Crippen molar-refractivity contribution in [2.24, 2.45) is 36.8 Å². The molecule has 4 aromatic carbocycles. The fraction of sp³-hybridized carbons (Fsp3) is 0.0357. The monoisotopic (exact) mass is 534 g/mol. The highest BCUT2D eigenvalue weighted by molar-refractivity contribution is 6.04. The van der Waals surface area contributed by atoms with Crippen LogP contribution in [0.1, 0.15) is 0 Å². The van der Waals surface area contributed by atoms with E-state index in [0.717, 1.165) is 17.1 Å². The van der Waals surface area contributed by atoms with Crippen LogP contribution in [0, 0.1) is 22.0 Å². The van der Waals surface area contributed by atoms with Crippen LogP contribution >= 0.6 is 0 Å². The zero-order chi connectivity index (χ0) is 29.0. The quantitative estimate of drug-likeness (QED) is 0.0863. The molecular formula is C28H30N12. The summed E-state index contributed by atoms with van der Waals surface area (Å²) in [5.74, 6) is 0.217. The maximum Gasteiger partial charge on any atom is 0.254 e. The Morgan fingerprint density at radius 2 is 0.975 bits per heavy atom. The third-order valence-corrected chi connectivity index (χ3v) is 4.68. The first-order valence-electron chi connectivity index (χ1n) is 11.8. The lowest BCUT2D eigenvalue weighted by molar-refractivity contribution is 1.01. The van der Waals surface area contributed by atoms with Gasteiger partial charge in [0.05, 0.1) is 11.4 Å². The zero-order valence-electron chi connectivity index (χ0n) is 21.6. The Morgan fingerprint density at radius 3 is 1.30 bits per heavy atom. The van der Waals surface area contributed by atoms with Crippen molar-refractivity contribution in [1.29, 1.82) is 22.0 Å². The molecule has 12 nitrogen and oxygen atoms in total. The largest absolute Gasteiger partial charge is 0.386 e. The van der Waals surface area contributed by atoms with Crippen LogP contribution in [0.5, 0.6) is 0 Å². The highest BCUT2D eigenvalue weighted by Gasteiger charge is 2.15. The van der Waals surface area contributed by atoms with E-state index in [0.29, 0.717) is 11.6 Å². The number of guanidine groups is 2. The average molecular weight is 535 g/mol. The van der Waals surface area contributed by atoms with E-state index in [1.807, 2.05) is 114 Å². The van der Waals surface area contributed by atoms with Crippen molar-refractivity contribution in [3.63, 3.8) is 0 Å². The second-order valence-corrected chi connectivity index (χ2v) is 7.62. The van der Waals surface area contributed by atoms with Gasteiger partial charge in [0.1, 0.15) is 12.4 Å². The summed E-state index contributed by atoms with van der Waals surface area (Å²) >= 11 is 0. The number of hydrogen-bond donors (Lipinski definition) is 6. The Bertz CT molecular complexity index is 1350. The Morgan fingerprint density at radius 1 is 0.575 bits per heavy atom. The van der Waals surface area contributed by atoms with Crippen molar-refractivity contribution in [2.75, 3.05) is 11.4 Å². The molecule has 0 aromatic heterocycles. The normalized spacial score (nSPS) is 10.5. The van der Waals surface area contributed by atoms with Crippen molar-refractivity contribution in [1.82, 2.24) is 0 Å². The molecule has 0 bridgehead atoms. The Labute approximate surface area is 232 Å². The molecular weight excluding hydrogens is 504 g/mol. The fourth-order valence-corrected chi connectivity index (χ4v) is 3.02. The minimum atomic E-state index is -0.0648. The Hall–Kier alpha value is -5.91. The summed E-state index contributed by atoms with van der Waals surface area (Å²) in [7, 11) is 0. The smallest absolute Gasteiger partial charge is 0.254 e. The van der Waals surface area contributed by atoms with Crippen molar-refractivity contribution in [3.05, 3.63) is 121 Å². The number of anilines is 2. The van der Waals surface area contributed by atoms with E-state index in [-0.39, 0.29) is 18.3 Å². The number of benzene rings is 4. The molecule has 0 heterocycles. The maximum atomic E-state index is 7.59. The fourth-order valence-electron chi connectivity index (χ4n) is 3.02. The molecule has 0 radical (unpaired) electrons. The summed E-state index contributed by atoms with van der Waals surface area (Å²) in [5, 5.41) is 15.9. The van der Waals surface area contributed by atoms with Crippen LogP contribution < -0.4 is 16.4 Å². The van der Waals surface area contributed by atoms with Gasteiger partial charge < -0.3 is 11.5 Å². The molecule has 40 heavy (non-hydrogen) atoms. The summed E-state index contributed by atoms with van der Waals surface area (Å²) in [6, 6.07) is 38.3. The van der Waals surface area contributed by atoms with E-state index in [9.17, 15) is 0 Å². The number of nitrogens with zero attached hydrogens (tertiary/aromatic N) is 6. The van der Waals surface area contributed by atoms with Gasteiger partial charge >= 0.3 is 0 Å². The van der Waals surface area contributed by atoms with E-state index in [1.54, 1.807) is 12.1 Å². The van der Waals surface area contributed by atoms with Gasteiger partial charge in [0.25, 0.3) is 5.96 Å². The van der Waals surface area contributed by atoms with Gasteiger partial charge in [-0.05, 0) is 48.5 Å². The van der Waals surface area contributed by atoms with Gasteiger partial charge in [-0.3, -0.25) is 10.3 Å². The van der Waals surface area contributed by atoms with Crippen LogP contribution in [-0.2, 0) is 0 Å². The van der Waals surface area contributed by atoms with Crippen molar-refractivity contribution < 1.29 is 0 Å². The zero-order valence-corrected chi connectivity index (χ0v) is 21.6. The minimum Gasteiger partial charge on any atom is -0.386 e. The van der Waals surface area contributed by atoms with Crippen LogP contribution in [0.3, 0.4) is 0 Å². The summed E-state index contributed by atoms with van der Waals surface area (Å²) < 4.78 is 0. The van der Waals surface area contributed by atoms with Crippen LogP contribution in [-0.4, -0.2) is 24.3 Å². The molecule has 0 aliphatic carbocycles. The van der Waals surface area contributed by atoms with Crippen molar-refractivity contribution in [2.45, 2.75) is 0 Å². The first-order valence-corrected chi connectivity index (χ1v) is 11.8. The van der Waals surface area contributed by atoms with Gasteiger partial charge in [0.15, 0.2) is 0 Å². The number of para-hydroxylation sites is 4. The van der Waals surface area contributed by atoms with Gasteiger partial charge in [0.2, 0.25) is 5.96 Å². The number of aliphatic imine (C=N–C) groups is 2. The van der Waals surface area contributed by atoms with Gasteiger partial charge in [-0.15, -0.1) is 10.2 Å². The number of amidine groups is 1. The number of nitrogens with one attached hydrogen (secondary N) is 4. The molecule has 0 spiro atoms. The van der Waals surface area contributed by atoms with Crippen molar-refractivity contribution >= 4 is 40.5 Å². The molecule has 0 unspecified atom stereocenters. The summed E-state index contributed by atoms with van der Waals surface area (Å²) in [4.78, 5) is 10.2. The molecule has 0 saturated carbocycles. The van der Waals surface area contributed by atoms with E-state index < -0.39 is 0 Å². The molecule has 0 aliphatic heterocycles. The van der Waals surface area contributed by atoms with E-state index in [1.165, 1.54) is 0 Å². The Balaban J connectivity index is 0.000000273. The molecule has 4 aromatic rings. The third kappa shape index (κ3) is 11.0.